The molecule has 6 nitrogen and oxygen atoms in total. The van der Waals surface area contributed by atoms with Crippen molar-refractivity contribution >= 4 is 27.8 Å². The zero-order chi connectivity index (χ0) is 18.1. The van der Waals surface area contributed by atoms with E-state index < -0.39 is 0 Å². The number of aromatic nitrogens is 4. The lowest BCUT2D eigenvalue weighted by molar-refractivity contribution is 0.451. The first-order chi connectivity index (χ1) is 13.4. The second-order valence-electron chi connectivity index (χ2n) is 6.34. The number of nitrogens with zero attached hydrogens (tertiary/aromatic N) is 3. The van der Waals surface area contributed by atoms with Crippen LogP contribution in [0.1, 0.15) is 5.56 Å². The Morgan fingerprint density at radius 2 is 1.81 bits per heavy atom. The number of hydrogen-bond acceptors (Lipinski definition) is 5. The Balaban J connectivity index is 1.43. The summed E-state index contributed by atoms with van der Waals surface area (Å²) in [6, 6.07) is 18.2. The lowest BCUT2D eigenvalue weighted by Gasteiger charge is -2.06. The minimum Gasteiger partial charge on any atom is -0.369 e. The van der Waals surface area contributed by atoms with Crippen LogP contribution in [0.3, 0.4) is 0 Å². The molecule has 0 fully saturated rings. The van der Waals surface area contributed by atoms with Crippen molar-refractivity contribution in [3.8, 4) is 11.3 Å². The molecule has 5 aromatic rings. The predicted octanol–water partition coefficient (Wildman–Crippen LogP) is 4.42. The summed E-state index contributed by atoms with van der Waals surface area (Å²) in [4.78, 5) is 11.9. The van der Waals surface area contributed by atoms with Crippen molar-refractivity contribution < 1.29 is 4.52 Å². The molecular formula is C21H17N5O. The fourth-order valence-electron chi connectivity index (χ4n) is 3.37. The molecule has 5 rings (SSSR count). The fourth-order valence-corrected chi connectivity index (χ4v) is 3.37. The summed E-state index contributed by atoms with van der Waals surface area (Å²) in [7, 11) is 0. The molecule has 0 saturated heterocycles. The molecule has 2 aromatic carbocycles. The molecule has 0 aliphatic carbocycles. The molecule has 3 aromatic heterocycles. The number of para-hydroxylation sites is 1. The molecule has 0 spiro atoms. The third kappa shape index (κ3) is 2.81. The molecule has 0 bridgehead atoms. The van der Waals surface area contributed by atoms with Crippen molar-refractivity contribution in [2.24, 2.45) is 0 Å². The fraction of sp³-hybridized carbons (Fsp3) is 0.0952. The molecule has 3 heterocycles. The van der Waals surface area contributed by atoms with E-state index in [-0.39, 0.29) is 0 Å². The second-order valence-corrected chi connectivity index (χ2v) is 6.34. The number of rotatable bonds is 5. The maximum atomic E-state index is 5.41. The summed E-state index contributed by atoms with van der Waals surface area (Å²) in [5.74, 6) is 0.736. The highest BCUT2D eigenvalue weighted by molar-refractivity contribution is 5.97. The summed E-state index contributed by atoms with van der Waals surface area (Å²) in [5.41, 5.74) is 4.64. The molecule has 0 radical (unpaired) electrons. The van der Waals surface area contributed by atoms with Crippen molar-refractivity contribution in [3.05, 3.63) is 72.7 Å². The van der Waals surface area contributed by atoms with E-state index in [1.807, 2.05) is 36.4 Å². The summed E-state index contributed by atoms with van der Waals surface area (Å²) < 4.78 is 5.41. The number of benzene rings is 2. The van der Waals surface area contributed by atoms with E-state index in [9.17, 15) is 0 Å². The zero-order valence-electron chi connectivity index (χ0n) is 14.5. The van der Waals surface area contributed by atoms with Gasteiger partial charge in [0.15, 0.2) is 0 Å². The van der Waals surface area contributed by atoms with Gasteiger partial charge in [-0.3, -0.25) is 0 Å². The van der Waals surface area contributed by atoms with Crippen LogP contribution in [0.4, 0.5) is 5.82 Å². The molecule has 0 unspecified atom stereocenters. The molecule has 132 valence electrons. The number of hydrogen-bond donors (Lipinski definition) is 2. The Labute approximate surface area is 155 Å². The van der Waals surface area contributed by atoms with E-state index in [1.54, 1.807) is 0 Å². The van der Waals surface area contributed by atoms with Crippen LogP contribution in [0.5, 0.6) is 0 Å². The Morgan fingerprint density at radius 3 is 2.74 bits per heavy atom. The van der Waals surface area contributed by atoms with Crippen molar-refractivity contribution in [1.29, 1.82) is 0 Å². The van der Waals surface area contributed by atoms with Crippen LogP contribution in [-0.2, 0) is 6.42 Å². The van der Waals surface area contributed by atoms with Crippen LogP contribution in [0.2, 0.25) is 0 Å². The van der Waals surface area contributed by atoms with Crippen LogP contribution >= 0.6 is 0 Å². The monoisotopic (exact) mass is 355 g/mol. The number of H-pyrrole nitrogens is 1. The topological polar surface area (TPSA) is 79.6 Å². The minimum atomic E-state index is 0.485. The molecule has 27 heavy (non-hydrogen) atoms. The van der Waals surface area contributed by atoms with Gasteiger partial charge in [-0.2, -0.15) is 4.98 Å². The highest BCUT2D eigenvalue weighted by Crippen LogP contribution is 2.31. The third-order valence-corrected chi connectivity index (χ3v) is 4.68. The number of aromatic amines is 1. The molecule has 0 amide bonds. The third-order valence-electron chi connectivity index (χ3n) is 4.68. The van der Waals surface area contributed by atoms with Crippen LogP contribution in [0, 0.1) is 0 Å². The second kappa shape index (κ2) is 6.57. The first-order valence-corrected chi connectivity index (χ1v) is 8.85. The Morgan fingerprint density at radius 1 is 0.963 bits per heavy atom. The Hall–Kier alpha value is -3.67. The lowest BCUT2D eigenvalue weighted by Crippen LogP contribution is -2.06. The maximum Gasteiger partial charge on any atom is 0.263 e. The van der Waals surface area contributed by atoms with Gasteiger partial charge in [-0.25, -0.2) is 4.98 Å². The van der Waals surface area contributed by atoms with Gasteiger partial charge in [0.05, 0.1) is 0 Å². The van der Waals surface area contributed by atoms with E-state index in [0.717, 1.165) is 40.9 Å². The van der Waals surface area contributed by atoms with Gasteiger partial charge < -0.3 is 14.8 Å². The standard InChI is InChI=1S/C21H17N5O/c1-2-6-14(7-3-1)19-18-20(24-13-25-21(18)27-26-19)22-11-10-15-12-23-17-9-5-4-8-16(15)17/h1-9,12-13,23H,10-11H2,(H,22,24,25). The van der Waals surface area contributed by atoms with E-state index in [2.05, 4.69) is 49.8 Å². The molecule has 0 saturated carbocycles. The SMILES string of the molecule is c1ccc(-c2noc3ncnc(NCCc4c[nH]c5ccccc45)c23)cc1. The average Bonchev–Trinajstić information content (AvgIpc) is 3.34. The summed E-state index contributed by atoms with van der Waals surface area (Å²) in [6.45, 7) is 0.743. The Bertz CT molecular complexity index is 1210. The van der Waals surface area contributed by atoms with Gasteiger partial charge in [-0.05, 0) is 18.1 Å². The van der Waals surface area contributed by atoms with Crippen LogP contribution in [0.15, 0.2) is 71.6 Å². The summed E-state index contributed by atoms with van der Waals surface area (Å²) in [6.07, 6.45) is 4.44. The quantitative estimate of drug-likeness (QED) is 0.488. The minimum absolute atomic E-state index is 0.485. The largest absolute Gasteiger partial charge is 0.369 e. The van der Waals surface area contributed by atoms with Crippen LogP contribution < -0.4 is 5.32 Å². The van der Waals surface area contributed by atoms with Crippen molar-refractivity contribution in [3.63, 3.8) is 0 Å². The smallest absolute Gasteiger partial charge is 0.263 e. The predicted molar refractivity (Wildman–Crippen MR) is 106 cm³/mol. The zero-order valence-corrected chi connectivity index (χ0v) is 14.5. The first kappa shape index (κ1) is 15.6. The summed E-state index contributed by atoms with van der Waals surface area (Å²) in [5, 5.41) is 9.68. The van der Waals surface area contributed by atoms with Crippen molar-refractivity contribution in [1.82, 2.24) is 20.1 Å². The van der Waals surface area contributed by atoms with E-state index in [1.165, 1.54) is 17.3 Å². The van der Waals surface area contributed by atoms with Gasteiger partial charge in [0.2, 0.25) is 0 Å². The number of nitrogens with one attached hydrogen (secondary N) is 2. The first-order valence-electron chi connectivity index (χ1n) is 8.85. The number of anilines is 1. The van der Waals surface area contributed by atoms with Gasteiger partial charge >= 0.3 is 0 Å². The number of fused-ring (bicyclic) bond motifs is 2. The van der Waals surface area contributed by atoms with Crippen molar-refractivity contribution in [2.45, 2.75) is 6.42 Å². The van der Waals surface area contributed by atoms with E-state index in [4.69, 9.17) is 4.52 Å². The molecule has 2 N–H and O–H groups in total. The molecule has 0 atom stereocenters. The Kier molecular flexibility index (Phi) is 3.79. The van der Waals surface area contributed by atoms with E-state index >= 15 is 0 Å². The van der Waals surface area contributed by atoms with E-state index in [0.29, 0.717) is 5.71 Å². The van der Waals surface area contributed by atoms with Crippen molar-refractivity contribution in [2.75, 3.05) is 11.9 Å². The summed E-state index contributed by atoms with van der Waals surface area (Å²) >= 11 is 0. The van der Waals surface area contributed by atoms with Gasteiger partial charge in [0.1, 0.15) is 23.2 Å². The highest BCUT2D eigenvalue weighted by Gasteiger charge is 2.16. The molecular weight excluding hydrogens is 338 g/mol. The van der Waals surface area contributed by atoms with Gasteiger partial charge in [0, 0.05) is 29.2 Å². The molecule has 0 aliphatic rings. The van der Waals surface area contributed by atoms with Gasteiger partial charge in [0.25, 0.3) is 5.71 Å². The van der Waals surface area contributed by atoms with Crippen LogP contribution in [-0.4, -0.2) is 26.7 Å². The lowest BCUT2D eigenvalue weighted by atomic mass is 10.1. The van der Waals surface area contributed by atoms with Gasteiger partial charge in [-0.15, -0.1) is 0 Å². The van der Waals surface area contributed by atoms with Crippen LogP contribution in [0.25, 0.3) is 33.3 Å². The molecule has 6 heteroatoms. The molecule has 0 aliphatic heterocycles. The maximum absolute atomic E-state index is 5.41. The average molecular weight is 355 g/mol. The van der Waals surface area contributed by atoms with Gasteiger partial charge in [-0.1, -0.05) is 53.7 Å². The normalized spacial score (nSPS) is 11.3. The highest BCUT2D eigenvalue weighted by atomic mass is 16.5.